The monoisotopic (exact) mass is 283 g/mol. The molecule has 114 valence electrons. The van der Waals surface area contributed by atoms with Crippen LogP contribution in [-0.4, -0.2) is 35.9 Å². The van der Waals surface area contributed by atoms with Crippen LogP contribution in [0.3, 0.4) is 0 Å². The number of nitrogens with two attached hydrogens (primary N) is 1. The molecular formula is C13H25N5O2. The number of rotatable bonds is 7. The van der Waals surface area contributed by atoms with Gasteiger partial charge in [-0.2, -0.15) is 4.98 Å². The number of nitrogens with one attached hydrogen (secondary N) is 1. The van der Waals surface area contributed by atoms with Gasteiger partial charge in [-0.15, -0.1) is 0 Å². The van der Waals surface area contributed by atoms with Crippen molar-refractivity contribution < 1.29 is 9.26 Å². The standard InChI is InChI=1S/C13H25N5O2/c1-5-19-8-6-7-15-12(14)16-9-10-17-11(20-18-10)13(2,3)4/h5-9H2,1-4H3,(H3,14,15,16). The minimum Gasteiger partial charge on any atom is -0.382 e. The predicted molar refractivity (Wildman–Crippen MR) is 77.4 cm³/mol. The molecule has 7 nitrogen and oxygen atoms in total. The van der Waals surface area contributed by atoms with Crippen LogP contribution in [-0.2, 0) is 16.7 Å². The van der Waals surface area contributed by atoms with Crippen molar-refractivity contribution in [1.82, 2.24) is 15.5 Å². The van der Waals surface area contributed by atoms with Crippen LogP contribution < -0.4 is 11.1 Å². The Morgan fingerprint density at radius 1 is 1.45 bits per heavy atom. The molecule has 0 atom stereocenters. The minimum absolute atomic E-state index is 0.155. The highest BCUT2D eigenvalue weighted by Crippen LogP contribution is 2.19. The molecule has 3 N–H and O–H groups in total. The fourth-order valence-electron chi connectivity index (χ4n) is 1.37. The van der Waals surface area contributed by atoms with Crippen molar-refractivity contribution in [3.63, 3.8) is 0 Å². The third-order valence-corrected chi connectivity index (χ3v) is 2.48. The highest BCUT2D eigenvalue weighted by Gasteiger charge is 2.21. The first-order chi connectivity index (χ1) is 9.43. The van der Waals surface area contributed by atoms with Crippen molar-refractivity contribution in [2.24, 2.45) is 10.7 Å². The molecule has 0 aliphatic heterocycles. The van der Waals surface area contributed by atoms with E-state index in [-0.39, 0.29) is 5.41 Å². The van der Waals surface area contributed by atoms with Crippen LogP contribution >= 0.6 is 0 Å². The van der Waals surface area contributed by atoms with Crippen LogP contribution in [0.1, 0.15) is 45.8 Å². The summed E-state index contributed by atoms with van der Waals surface area (Å²) in [6, 6.07) is 0. The van der Waals surface area contributed by atoms with Gasteiger partial charge in [-0.1, -0.05) is 25.9 Å². The molecule has 0 saturated carbocycles. The van der Waals surface area contributed by atoms with E-state index in [1.165, 1.54) is 0 Å². The molecule has 0 aliphatic rings. The molecule has 0 amide bonds. The maximum atomic E-state index is 5.74. The first kappa shape index (κ1) is 16.4. The molecule has 1 heterocycles. The van der Waals surface area contributed by atoms with Crippen molar-refractivity contribution in [3.8, 4) is 0 Å². The van der Waals surface area contributed by atoms with Gasteiger partial charge in [-0.25, -0.2) is 4.99 Å². The molecule has 0 aromatic carbocycles. The Labute approximate surface area is 120 Å². The second kappa shape index (κ2) is 7.84. The molecule has 1 aromatic rings. The van der Waals surface area contributed by atoms with E-state index in [4.69, 9.17) is 15.0 Å². The van der Waals surface area contributed by atoms with Gasteiger partial charge in [0.05, 0.1) is 0 Å². The molecule has 7 heteroatoms. The van der Waals surface area contributed by atoms with Crippen molar-refractivity contribution in [2.45, 2.75) is 46.1 Å². The summed E-state index contributed by atoms with van der Waals surface area (Å²) in [5.41, 5.74) is 5.59. The molecule has 0 unspecified atom stereocenters. The first-order valence-electron chi connectivity index (χ1n) is 6.88. The molecule has 0 aliphatic carbocycles. The van der Waals surface area contributed by atoms with Gasteiger partial charge in [0.15, 0.2) is 11.8 Å². The third-order valence-electron chi connectivity index (χ3n) is 2.48. The Hall–Kier alpha value is -1.63. The summed E-state index contributed by atoms with van der Waals surface area (Å²) in [7, 11) is 0. The molecule has 0 saturated heterocycles. The predicted octanol–water partition coefficient (Wildman–Crippen LogP) is 1.20. The van der Waals surface area contributed by atoms with Crippen LogP contribution in [0, 0.1) is 0 Å². The Balaban J connectivity index is 2.33. The quantitative estimate of drug-likeness (QED) is 0.443. The minimum atomic E-state index is -0.155. The maximum Gasteiger partial charge on any atom is 0.232 e. The van der Waals surface area contributed by atoms with Gasteiger partial charge in [0.2, 0.25) is 5.89 Å². The zero-order chi connectivity index (χ0) is 15.0. The molecule has 1 aromatic heterocycles. The topological polar surface area (TPSA) is 98.6 Å². The van der Waals surface area contributed by atoms with Crippen LogP contribution in [0.25, 0.3) is 0 Å². The van der Waals surface area contributed by atoms with Gasteiger partial charge in [0.1, 0.15) is 6.54 Å². The number of nitrogens with zero attached hydrogens (tertiary/aromatic N) is 3. The van der Waals surface area contributed by atoms with Crippen LogP contribution in [0.5, 0.6) is 0 Å². The number of ether oxygens (including phenoxy) is 1. The summed E-state index contributed by atoms with van der Waals surface area (Å²) < 4.78 is 10.4. The molecule has 0 bridgehead atoms. The largest absolute Gasteiger partial charge is 0.382 e. The second-order valence-corrected chi connectivity index (χ2v) is 5.44. The summed E-state index contributed by atoms with van der Waals surface area (Å²) in [5, 5.41) is 6.89. The number of aromatic nitrogens is 2. The lowest BCUT2D eigenvalue weighted by Gasteiger charge is -2.10. The Bertz CT molecular complexity index is 423. The molecule has 1 rings (SSSR count). The molecule has 0 spiro atoms. The number of hydrogen-bond acceptors (Lipinski definition) is 5. The summed E-state index contributed by atoms with van der Waals surface area (Å²) >= 11 is 0. The second-order valence-electron chi connectivity index (χ2n) is 5.44. The van der Waals surface area contributed by atoms with E-state index in [0.29, 0.717) is 24.2 Å². The van der Waals surface area contributed by atoms with E-state index in [1.807, 2.05) is 27.7 Å². The highest BCUT2D eigenvalue weighted by molar-refractivity contribution is 5.77. The smallest absolute Gasteiger partial charge is 0.232 e. The lowest BCUT2D eigenvalue weighted by atomic mass is 9.97. The fourth-order valence-corrected chi connectivity index (χ4v) is 1.37. The van der Waals surface area contributed by atoms with Gasteiger partial charge in [0.25, 0.3) is 0 Å². The van der Waals surface area contributed by atoms with Crippen molar-refractivity contribution in [2.75, 3.05) is 19.8 Å². The van der Waals surface area contributed by atoms with Gasteiger partial charge >= 0.3 is 0 Å². The summed E-state index contributed by atoms with van der Waals surface area (Å²) in [6.07, 6.45) is 0.889. The van der Waals surface area contributed by atoms with E-state index < -0.39 is 0 Å². The lowest BCUT2D eigenvalue weighted by molar-refractivity contribution is 0.145. The van der Waals surface area contributed by atoms with Crippen molar-refractivity contribution in [1.29, 1.82) is 0 Å². The highest BCUT2D eigenvalue weighted by atomic mass is 16.5. The molecular weight excluding hydrogens is 258 g/mol. The average molecular weight is 283 g/mol. The van der Waals surface area contributed by atoms with E-state index in [0.717, 1.165) is 26.2 Å². The average Bonchev–Trinajstić information content (AvgIpc) is 2.85. The zero-order valence-corrected chi connectivity index (χ0v) is 12.8. The van der Waals surface area contributed by atoms with Crippen molar-refractivity contribution >= 4 is 5.96 Å². The number of guanidine groups is 1. The Morgan fingerprint density at radius 3 is 2.80 bits per heavy atom. The molecule has 20 heavy (non-hydrogen) atoms. The molecule has 0 fully saturated rings. The zero-order valence-electron chi connectivity index (χ0n) is 12.8. The summed E-state index contributed by atoms with van der Waals surface area (Å²) in [6.45, 7) is 10.5. The number of aliphatic imine (C=N–C) groups is 1. The summed E-state index contributed by atoms with van der Waals surface area (Å²) in [5.74, 6) is 1.52. The SMILES string of the molecule is CCOCCCNC(N)=NCc1noc(C(C)(C)C)n1. The van der Waals surface area contributed by atoms with E-state index in [9.17, 15) is 0 Å². The third kappa shape index (κ3) is 6.01. The van der Waals surface area contributed by atoms with Gasteiger partial charge in [-0.3, -0.25) is 0 Å². The lowest BCUT2D eigenvalue weighted by Crippen LogP contribution is -2.32. The van der Waals surface area contributed by atoms with E-state index >= 15 is 0 Å². The maximum absolute atomic E-state index is 5.74. The van der Waals surface area contributed by atoms with Gasteiger partial charge < -0.3 is 20.3 Å². The van der Waals surface area contributed by atoms with E-state index in [1.54, 1.807) is 0 Å². The number of hydrogen-bond donors (Lipinski definition) is 2. The van der Waals surface area contributed by atoms with Gasteiger partial charge in [-0.05, 0) is 13.3 Å². The van der Waals surface area contributed by atoms with Crippen molar-refractivity contribution in [3.05, 3.63) is 11.7 Å². The van der Waals surface area contributed by atoms with Crippen LogP contribution in [0.4, 0.5) is 0 Å². The van der Waals surface area contributed by atoms with E-state index in [2.05, 4.69) is 20.4 Å². The molecule has 0 radical (unpaired) electrons. The first-order valence-corrected chi connectivity index (χ1v) is 6.88. The summed E-state index contributed by atoms with van der Waals surface area (Å²) in [4.78, 5) is 8.45. The van der Waals surface area contributed by atoms with Gasteiger partial charge in [0, 0.05) is 25.2 Å². The Kier molecular flexibility index (Phi) is 6.44. The normalized spacial score (nSPS) is 12.7. The van der Waals surface area contributed by atoms with Crippen LogP contribution in [0.2, 0.25) is 0 Å². The fraction of sp³-hybridized carbons (Fsp3) is 0.769. The van der Waals surface area contributed by atoms with Crippen LogP contribution in [0.15, 0.2) is 9.52 Å². The Morgan fingerprint density at radius 2 is 2.20 bits per heavy atom.